The van der Waals surface area contributed by atoms with E-state index in [1.807, 2.05) is 6.92 Å². The fourth-order valence-electron chi connectivity index (χ4n) is 5.14. The average Bonchev–Trinajstić information content (AvgIpc) is 2.69. The van der Waals surface area contributed by atoms with Gasteiger partial charge < -0.3 is 14.2 Å². The zero-order chi connectivity index (χ0) is 14.8. The molecule has 0 amide bonds. The Morgan fingerprint density at radius 1 is 1.05 bits per heavy atom. The summed E-state index contributed by atoms with van der Waals surface area (Å²) in [6, 6.07) is 0. The molecule has 5 nitrogen and oxygen atoms in total. The van der Waals surface area contributed by atoms with E-state index in [1.165, 1.54) is 6.42 Å². The largest absolute Gasteiger partial charge is 0.355 e. The van der Waals surface area contributed by atoms with Crippen LogP contribution in [0.3, 0.4) is 0 Å². The topological polar surface area (TPSA) is 46.2 Å². The Kier molecular flexibility index (Phi) is 3.19. The van der Waals surface area contributed by atoms with Crippen molar-refractivity contribution in [3.8, 4) is 0 Å². The van der Waals surface area contributed by atoms with Crippen LogP contribution in [-0.4, -0.2) is 31.1 Å². The average molecular weight is 298 g/mol. The first-order chi connectivity index (χ1) is 10.00. The van der Waals surface area contributed by atoms with E-state index in [0.29, 0.717) is 17.8 Å². The number of methoxy groups -OCH3 is 1. The second-order valence-electron chi connectivity index (χ2n) is 7.51. The van der Waals surface area contributed by atoms with E-state index in [-0.39, 0.29) is 12.2 Å². The molecular formula is C16H26O5. The fraction of sp³-hybridized carbons (Fsp3) is 1.00. The molecule has 1 saturated carbocycles. The van der Waals surface area contributed by atoms with Crippen LogP contribution in [0.1, 0.15) is 46.5 Å². The van der Waals surface area contributed by atoms with Gasteiger partial charge in [0.25, 0.3) is 0 Å². The van der Waals surface area contributed by atoms with Gasteiger partial charge in [-0.05, 0) is 38.0 Å². The molecule has 0 aromatic heterocycles. The summed E-state index contributed by atoms with van der Waals surface area (Å²) in [7, 11) is 1.70. The summed E-state index contributed by atoms with van der Waals surface area (Å²) >= 11 is 0. The van der Waals surface area contributed by atoms with Gasteiger partial charge in [0.05, 0.1) is 0 Å². The third-order valence-electron chi connectivity index (χ3n) is 6.33. The van der Waals surface area contributed by atoms with E-state index in [2.05, 4.69) is 13.8 Å². The molecule has 8 atom stereocenters. The molecule has 1 spiro atoms. The van der Waals surface area contributed by atoms with Crippen LogP contribution in [0.15, 0.2) is 0 Å². The Bertz CT molecular complexity index is 429. The van der Waals surface area contributed by atoms with Crippen molar-refractivity contribution in [1.29, 1.82) is 0 Å². The lowest BCUT2D eigenvalue weighted by Crippen LogP contribution is -2.70. The molecule has 0 N–H and O–H groups in total. The number of ether oxygens (including phenoxy) is 3. The predicted molar refractivity (Wildman–Crippen MR) is 73.8 cm³/mol. The number of fused-ring (bicyclic) bond motifs is 2. The number of hydrogen-bond donors (Lipinski definition) is 0. The molecule has 4 aliphatic heterocycles. The molecule has 4 heterocycles. The molecule has 5 rings (SSSR count). The van der Waals surface area contributed by atoms with E-state index in [0.717, 1.165) is 19.3 Å². The molecule has 2 bridgehead atoms. The minimum atomic E-state index is -0.698. The standard InChI is InChI=1S/C16H26O5/c1-9-5-6-12-10(2)13(17-4)18-14-16(12)11(9)7-8-15(3,19-14)20-21-16/h9-14H,5-8H2,1-4H3/t9-,10-,11?,12+,13-,14-,15+,16?/m1/s1. The highest BCUT2D eigenvalue weighted by Gasteiger charge is 2.69. The van der Waals surface area contributed by atoms with Gasteiger partial charge in [-0.2, -0.15) is 0 Å². The van der Waals surface area contributed by atoms with Crippen LogP contribution in [0.25, 0.3) is 0 Å². The van der Waals surface area contributed by atoms with Crippen LogP contribution in [0.4, 0.5) is 0 Å². The van der Waals surface area contributed by atoms with Crippen LogP contribution in [0.2, 0.25) is 0 Å². The van der Waals surface area contributed by atoms with Crippen molar-refractivity contribution in [2.45, 2.75) is 70.4 Å². The Morgan fingerprint density at radius 2 is 1.86 bits per heavy atom. The van der Waals surface area contributed by atoms with Gasteiger partial charge in [0.1, 0.15) is 0 Å². The lowest BCUT2D eigenvalue weighted by molar-refractivity contribution is -0.577. The van der Waals surface area contributed by atoms with Crippen molar-refractivity contribution in [3.63, 3.8) is 0 Å². The van der Waals surface area contributed by atoms with Crippen molar-refractivity contribution < 1.29 is 24.0 Å². The van der Waals surface area contributed by atoms with Gasteiger partial charge in [0.2, 0.25) is 5.79 Å². The van der Waals surface area contributed by atoms with Gasteiger partial charge in [-0.25, -0.2) is 9.78 Å². The first-order valence-electron chi connectivity index (χ1n) is 8.23. The molecule has 4 saturated heterocycles. The second kappa shape index (κ2) is 4.65. The fourth-order valence-corrected chi connectivity index (χ4v) is 5.14. The van der Waals surface area contributed by atoms with Crippen molar-refractivity contribution in [3.05, 3.63) is 0 Å². The monoisotopic (exact) mass is 298 g/mol. The predicted octanol–water partition coefficient (Wildman–Crippen LogP) is 2.84. The SMILES string of the molecule is CO[C@@H]1O[C@@H]2O[C@]3(C)CCC4[C@H](C)CC[C@@H]([C@H]1C)C42OO3. The number of hydrogen-bond acceptors (Lipinski definition) is 5. The summed E-state index contributed by atoms with van der Waals surface area (Å²) in [6.45, 7) is 6.46. The number of rotatable bonds is 1. The highest BCUT2D eigenvalue weighted by molar-refractivity contribution is 5.08. The molecule has 0 aromatic carbocycles. The maximum absolute atomic E-state index is 6.21. The third kappa shape index (κ3) is 1.81. The van der Waals surface area contributed by atoms with E-state index in [1.54, 1.807) is 7.11 Å². The highest BCUT2D eigenvalue weighted by atomic mass is 17.3. The Morgan fingerprint density at radius 3 is 2.62 bits per heavy atom. The zero-order valence-corrected chi connectivity index (χ0v) is 13.3. The Labute approximate surface area is 126 Å². The minimum absolute atomic E-state index is 0.230. The molecule has 5 aliphatic rings. The molecule has 1 aliphatic carbocycles. The van der Waals surface area contributed by atoms with E-state index < -0.39 is 17.7 Å². The zero-order valence-electron chi connectivity index (χ0n) is 13.3. The van der Waals surface area contributed by atoms with Gasteiger partial charge in [-0.3, -0.25) is 0 Å². The van der Waals surface area contributed by atoms with E-state index in [4.69, 9.17) is 24.0 Å². The van der Waals surface area contributed by atoms with Gasteiger partial charge >= 0.3 is 0 Å². The molecule has 5 heteroatoms. The molecule has 120 valence electrons. The molecular weight excluding hydrogens is 272 g/mol. The summed E-state index contributed by atoms with van der Waals surface area (Å²) in [4.78, 5) is 11.8. The summed E-state index contributed by atoms with van der Waals surface area (Å²) < 4.78 is 17.9. The Hall–Kier alpha value is -0.200. The lowest BCUT2D eigenvalue weighted by atomic mass is 9.58. The molecule has 0 aromatic rings. The summed E-state index contributed by atoms with van der Waals surface area (Å²) in [5, 5.41) is 0. The quantitative estimate of drug-likeness (QED) is 0.697. The van der Waals surface area contributed by atoms with Crippen LogP contribution in [-0.2, 0) is 24.0 Å². The maximum Gasteiger partial charge on any atom is 0.201 e. The van der Waals surface area contributed by atoms with Gasteiger partial charge in [0.15, 0.2) is 18.2 Å². The van der Waals surface area contributed by atoms with E-state index >= 15 is 0 Å². The lowest BCUT2D eigenvalue weighted by Gasteiger charge is -2.60. The second-order valence-corrected chi connectivity index (χ2v) is 7.51. The van der Waals surface area contributed by atoms with Crippen LogP contribution in [0, 0.1) is 23.7 Å². The molecule has 2 unspecified atom stereocenters. The summed E-state index contributed by atoms with van der Waals surface area (Å²) in [5.74, 6) is 0.953. The first-order valence-corrected chi connectivity index (χ1v) is 8.23. The van der Waals surface area contributed by atoms with Gasteiger partial charge in [-0.1, -0.05) is 13.8 Å². The van der Waals surface area contributed by atoms with Crippen molar-refractivity contribution >= 4 is 0 Å². The highest BCUT2D eigenvalue weighted by Crippen LogP contribution is 2.60. The normalized spacial score (nSPS) is 59.4. The molecule has 0 radical (unpaired) electrons. The Balaban J connectivity index is 1.79. The summed E-state index contributed by atoms with van der Waals surface area (Å²) in [6.07, 6.45) is 3.64. The maximum atomic E-state index is 6.21. The summed E-state index contributed by atoms with van der Waals surface area (Å²) in [5.41, 5.74) is -0.470. The van der Waals surface area contributed by atoms with Gasteiger partial charge in [0, 0.05) is 25.4 Å². The van der Waals surface area contributed by atoms with Crippen LogP contribution in [0.5, 0.6) is 0 Å². The first kappa shape index (κ1) is 14.4. The molecule has 5 fully saturated rings. The molecule has 21 heavy (non-hydrogen) atoms. The van der Waals surface area contributed by atoms with Crippen molar-refractivity contribution in [2.75, 3.05) is 7.11 Å². The van der Waals surface area contributed by atoms with Crippen molar-refractivity contribution in [2.24, 2.45) is 23.7 Å². The van der Waals surface area contributed by atoms with Crippen LogP contribution >= 0.6 is 0 Å². The minimum Gasteiger partial charge on any atom is -0.355 e. The third-order valence-corrected chi connectivity index (χ3v) is 6.33. The van der Waals surface area contributed by atoms with Crippen LogP contribution < -0.4 is 0 Å². The van der Waals surface area contributed by atoms with E-state index in [9.17, 15) is 0 Å². The van der Waals surface area contributed by atoms with Gasteiger partial charge in [-0.15, -0.1) is 0 Å². The van der Waals surface area contributed by atoms with Crippen molar-refractivity contribution in [1.82, 2.24) is 0 Å². The smallest absolute Gasteiger partial charge is 0.201 e.